The maximum absolute atomic E-state index is 12.2. The molecule has 2 amide bonds. The van der Waals surface area contributed by atoms with Gasteiger partial charge in [-0.25, -0.2) is 14.6 Å². The number of likely N-dealkylation sites (tertiary alicyclic amines) is 1. The zero-order chi connectivity index (χ0) is 15.2. The minimum Gasteiger partial charge on any atom is -0.480 e. The molecule has 0 radical (unpaired) electrons. The van der Waals surface area contributed by atoms with Crippen LogP contribution in [0.3, 0.4) is 0 Å². The van der Waals surface area contributed by atoms with E-state index in [-0.39, 0.29) is 12.5 Å². The fourth-order valence-corrected chi connectivity index (χ4v) is 2.64. The molecule has 1 fully saturated rings. The maximum Gasteiger partial charge on any atom is 0.326 e. The Morgan fingerprint density at radius 1 is 1.62 bits per heavy atom. The lowest BCUT2D eigenvalue weighted by Crippen LogP contribution is -2.51. The number of urea groups is 1. The number of carbonyl (C=O) groups is 2. The summed E-state index contributed by atoms with van der Waals surface area (Å²) in [4.78, 5) is 32.0. The topological polar surface area (TPSA) is 98.3 Å². The van der Waals surface area contributed by atoms with E-state index in [1.807, 2.05) is 0 Å². The molecule has 7 nitrogen and oxygen atoms in total. The minimum atomic E-state index is -1.04. The van der Waals surface area contributed by atoms with Gasteiger partial charge in [-0.1, -0.05) is 13.3 Å². The Bertz CT molecular complexity index is 475. The Hall–Kier alpha value is -2.05. The number of H-pyrrole nitrogens is 1. The minimum absolute atomic E-state index is 0.201. The Kier molecular flexibility index (Phi) is 5.19. The highest BCUT2D eigenvalue weighted by Gasteiger charge is 2.27. The van der Waals surface area contributed by atoms with Crippen molar-refractivity contribution in [2.75, 3.05) is 13.1 Å². The summed E-state index contributed by atoms with van der Waals surface area (Å²) < 4.78 is 0. The van der Waals surface area contributed by atoms with Crippen molar-refractivity contribution in [1.82, 2.24) is 20.2 Å². The molecule has 2 heterocycles. The van der Waals surface area contributed by atoms with Crippen LogP contribution in [0, 0.1) is 5.92 Å². The molecule has 1 saturated heterocycles. The summed E-state index contributed by atoms with van der Waals surface area (Å²) in [6, 6.07) is -1.24. The van der Waals surface area contributed by atoms with E-state index in [4.69, 9.17) is 0 Å². The van der Waals surface area contributed by atoms with Gasteiger partial charge in [0.15, 0.2) is 0 Å². The molecule has 7 heteroatoms. The zero-order valence-corrected chi connectivity index (χ0v) is 12.2. The second kappa shape index (κ2) is 7.10. The van der Waals surface area contributed by atoms with E-state index in [1.54, 1.807) is 11.1 Å². The highest BCUT2D eigenvalue weighted by atomic mass is 16.4. The number of amides is 2. The first-order valence-electron chi connectivity index (χ1n) is 7.35. The van der Waals surface area contributed by atoms with E-state index in [0.717, 1.165) is 19.3 Å². The van der Waals surface area contributed by atoms with Crippen molar-refractivity contribution in [3.8, 4) is 0 Å². The molecule has 2 rings (SSSR count). The summed E-state index contributed by atoms with van der Waals surface area (Å²) in [6.45, 7) is 3.52. The molecular formula is C14H22N4O3. The van der Waals surface area contributed by atoms with Crippen molar-refractivity contribution < 1.29 is 14.7 Å². The molecule has 1 aromatic heterocycles. The number of aromatic nitrogens is 2. The number of hydrogen-bond donors (Lipinski definition) is 3. The summed E-state index contributed by atoms with van der Waals surface area (Å²) in [7, 11) is 0. The highest BCUT2D eigenvalue weighted by molar-refractivity contribution is 5.82. The third kappa shape index (κ3) is 4.21. The van der Waals surface area contributed by atoms with Crippen LogP contribution in [-0.2, 0) is 11.2 Å². The highest BCUT2D eigenvalue weighted by Crippen LogP contribution is 2.19. The SMILES string of the molecule is CCC1CCCN(C(=O)N[C@@H](Cc2cnc[nH]2)C(=O)O)C1. The Balaban J connectivity index is 1.93. The smallest absolute Gasteiger partial charge is 0.326 e. The Morgan fingerprint density at radius 3 is 3.05 bits per heavy atom. The summed E-state index contributed by atoms with van der Waals surface area (Å²) in [5.41, 5.74) is 0.688. The Morgan fingerprint density at radius 2 is 2.43 bits per heavy atom. The number of carboxylic acids is 1. The van der Waals surface area contributed by atoms with Gasteiger partial charge in [0, 0.05) is 31.4 Å². The third-order valence-corrected chi connectivity index (χ3v) is 3.96. The van der Waals surface area contributed by atoms with Crippen LogP contribution in [0.25, 0.3) is 0 Å². The van der Waals surface area contributed by atoms with Crippen LogP contribution in [0.2, 0.25) is 0 Å². The van der Waals surface area contributed by atoms with Crippen LogP contribution in [0.4, 0.5) is 4.79 Å². The number of piperidine rings is 1. The number of aliphatic carboxylic acids is 1. The molecule has 1 unspecified atom stereocenters. The van der Waals surface area contributed by atoms with Gasteiger partial charge < -0.3 is 20.3 Å². The largest absolute Gasteiger partial charge is 0.480 e. The zero-order valence-electron chi connectivity index (χ0n) is 12.2. The summed E-state index contributed by atoms with van der Waals surface area (Å²) in [6.07, 6.45) is 6.41. The van der Waals surface area contributed by atoms with Crippen LogP contribution in [-0.4, -0.2) is 51.1 Å². The molecule has 1 aliphatic rings. The normalized spacial score (nSPS) is 20.0. The molecule has 2 atom stereocenters. The van der Waals surface area contributed by atoms with Crippen LogP contribution in [0.1, 0.15) is 31.9 Å². The van der Waals surface area contributed by atoms with Crippen LogP contribution in [0.15, 0.2) is 12.5 Å². The number of nitrogens with one attached hydrogen (secondary N) is 2. The van der Waals surface area contributed by atoms with E-state index < -0.39 is 12.0 Å². The fourth-order valence-electron chi connectivity index (χ4n) is 2.64. The van der Waals surface area contributed by atoms with E-state index >= 15 is 0 Å². The number of carbonyl (C=O) groups excluding carboxylic acids is 1. The predicted octanol–water partition coefficient (Wildman–Crippen LogP) is 1.24. The standard InChI is InChI=1S/C14H22N4O3/c1-2-10-4-3-5-18(8-10)14(21)17-12(13(19)20)6-11-7-15-9-16-11/h7,9-10,12H,2-6,8H2,1H3,(H,15,16)(H,17,21)(H,19,20)/t10?,12-/m0/s1. The second-order valence-electron chi connectivity index (χ2n) is 5.48. The van der Waals surface area contributed by atoms with E-state index in [0.29, 0.717) is 24.7 Å². The van der Waals surface area contributed by atoms with Gasteiger partial charge in [0.2, 0.25) is 0 Å². The number of nitrogens with zero attached hydrogens (tertiary/aromatic N) is 2. The van der Waals surface area contributed by atoms with E-state index in [1.165, 1.54) is 6.33 Å². The molecule has 0 aromatic carbocycles. The van der Waals surface area contributed by atoms with Crippen molar-refractivity contribution in [2.24, 2.45) is 5.92 Å². The molecule has 0 bridgehead atoms. The number of carboxylic acid groups (broad SMARTS) is 1. The molecule has 1 aliphatic heterocycles. The quantitative estimate of drug-likeness (QED) is 0.761. The van der Waals surface area contributed by atoms with Crippen LogP contribution < -0.4 is 5.32 Å². The third-order valence-electron chi connectivity index (χ3n) is 3.96. The van der Waals surface area contributed by atoms with Gasteiger partial charge in [-0.3, -0.25) is 0 Å². The van der Waals surface area contributed by atoms with Gasteiger partial charge in [-0.2, -0.15) is 0 Å². The van der Waals surface area contributed by atoms with Gasteiger partial charge in [-0.15, -0.1) is 0 Å². The summed E-state index contributed by atoms with van der Waals surface area (Å²) in [5, 5.41) is 11.9. The molecule has 116 valence electrons. The van der Waals surface area contributed by atoms with Gasteiger partial charge in [0.1, 0.15) is 6.04 Å². The first kappa shape index (κ1) is 15.3. The van der Waals surface area contributed by atoms with Gasteiger partial charge >= 0.3 is 12.0 Å². The molecule has 0 spiro atoms. The molecule has 3 N–H and O–H groups in total. The molecular weight excluding hydrogens is 272 g/mol. The van der Waals surface area contributed by atoms with Crippen LogP contribution in [0.5, 0.6) is 0 Å². The summed E-state index contributed by atoms with van der Waals surface area (Å²) >= 11 is 0. The lowest BCUT2D eigenvalue weighted by molar-refractivity contribution is -0.139. The lowest BCUT2D eigenvalue weighted by Gasteiger charge is -2.33. The maximum atomic E-state index is 12.2. The number of rotatable bonds is 5. The number of imidazole rings is 1. The molecule has 21 heavy (non-hydrogen) atoms. The van der Waals surface area contributed by atoms with Gasteiger partial charge in [0.05, 0.1) is 6.33 Å². The molecule has 1 aromatic rings. The van der Waals surface area contributed by atoms with Crippen molar-refractivity contribution in [1.29, 1.82) is 0 Å². The van der Waals surface area contributed by atoms with Gasteiger partial charge in [-0.05, 0) is 18.8 Å². The van der Waals surface area contributed by atoms with E-state index in [2.05, 4.69) is 22.2 Å². The fraction of sp³-hybridized carbons (Fsp3) is 0.643. The average Bonchev–Trinajstić information content (AvgIpc) is 2.99. The monoisotopic (exact) mass is 294 g/mol. The lowest BCUT2D eigenvalue weighted by atomic mass is 9.96. The number of hydrogen-bond acceptors (Lipinski definition) is 3. The van der Waals surface area contributed by atoms with Crippen molar-refractivity contribution in [3.63, 3.8) is 0 Å². The first-order chi connectivity index (χ1) is 10.1. The molecule has 0 aliphatic carbocycles. The van der Waals surface area contributed by atoms with Gasteiger partial charge in [0.25, 0.3) is 0 Å². The Labute approximate surface area is 123 Å². The first-order valence-corrected chi connectivity index (χ1v) is 7.35. The van der Waals surface area contributed by atoms with Crippen molar-refractivity contribution in [3.05, 3.63) is 18.2 Å². The predicted molar refractivity (Wildman–Crippen MR) is 76.8 cm³/mol. The molecule has 0 saturated carbocycles. The van der Waals surface area contributed by atoms with Crippen molar-refractivity contribution in [2.45, 2.75) is 38.6 Å². The van der Waals surface area contributed by atoms with Crippen LogP contribution >= 0.6 is 0 Å². The van der Waals surface area contributed by atoms with Crippen molar-refractivity contribution >= 4 is 12.0 Å². The van der Waals surface area contributed by atoms with E-state index in [9.17, 15) is 14.7 Å². The average molecular weight is 294 g/mol. The summed E-state index contributed by atoms with van der Waals surface area (Å²) in [5.74, 6) is -0.526. The second-order valence-corrected chi connectivity index (χ2v) is 5.48. The number of aromatic amines is 1.